The lowest BCUT2D eigenvalue weighted by Crippen LogP contribution is -2.14. The Morgan fingerprint density at radius 2 is 2.24 bits per heavy atom. The Bertz CT molecular complexity index is 930. The number of furan rings is 1. The summed E-state index contributed by atoms with van der Waals surface area (Å²) in [4.78, 5) is 27.9. The number of anilines is 1. The zero-order valence-electron chi connectivity index (χ0n) is 13.1. The van der Waals surface area contributed by atoms with E-state index in [0.29, 0.717) is 41.7 Å². The standard InChI is InChI=1S/C17H14N4O4/c22-14(19-11-4-3-10-9-18-17(23)12(10)8-11)5-6-15-20-16(21-25-15)13-2-1-7-24-13/h1-4,7-8H,5-6,9H2,(H,18,23)(H,19,22). The van der Waals surface area contributed by atoms with Crippen molar-refractivity contribution in [2.45, 2.75) is 19.4 Å². The molecule has 3 aromatic rings. The number of hydrogen-bond donors (Lipinski definition) is 2. The second-order valence-corrected chi connectivity index (χ2v) is 5.59. The van der Waals surface area contributed by atoms with Gasteiger partial charge in [0, 0.05) is 30.6 Å². The van der Waals surface area contributed by atoms with Gasteiger partial charge in [-0.25, -0.2) is 0 Å². The molecule has 1 aromatic carbocycles. The zero-order valence-corrected chi connectivity index (χ0v) is 13.1. The molecule has 0 unspecified atom stereocenters. The smallest absolute Gasteiger partial charge is 0.251 e. The molecule has 2 N–H and O–H groups in total. The van der Waals surface area contributed by atoms with Crippen LogP contribution in [-0.4, -0.2) is 22.0 Å². The molecule has 0 atom stereocenters. The van der Waals surface area contributed by atoms with Gasteiger partial charge in [-0.1, -0.05) is 11.2 Å². The van der Waals surface area contributed by atoms with Crippen molar-refractivity contribution in [1.82, 2.24) is 15.5 Å². The highest BCUT2D eigenvalue weighted by atomic mass is 16.5. The number of hydrogen-bond acceptors (Lipinski definition) is 6. The fourth-order valence-corrected chi connectivity index (χ4v) is 2.60. The van der Waals surface area contributed by atoms with Gasteiger partial charge in [0.25, 0.3) is 5.91 Å². The number of carbonyl (C=O) groups excluding carboxylic acids is 2. The van der Waals surface area contributed by atoms with E-state index in [2.05, 4.69) is 20.8 Å². The molecule has 2 aromatic heterocycles. The first-order valence-electron chi connectivity index (χ1n) is 7.76. The molecule has 8 heteroatoms. The third kappa shape index (κ3) is 3.14. The molecule has 4 rings (SSSR count). The van der Waals surface area contributed by atoms with Gasteiger partial charge in [0.1, 0.15) is 0 Å². The lowest BCUT2D eigenvalue weighted by molar-refractivity contribution is -0.116. The number of aryl methyl sites for hydroxylation is 1. The van der Waals surface area contributed by atoms with E-state index < -0.39 is 0 Å². The predicted molar refractivity (Wildman–Crippen MR) is 86.6 cm³/mol. The van der Waals surface area contributed by atoms with E-state index in [1.807, 2.05) is 6.07 Å². The van der Waals surface area contributed by atoms with Crippen LogP contribution in [0.4, 0.5) is 5.69 Å². The summed E-state index contributed by atoms with van der Waals surface area (Å²) in [5.74, 6) is 0.898. The van der Waals surface area contributed by atoms with Gasteiger partial charge < -0.3 is 19.6 Å². The van der Waals surface area contributed by atoms with Gasteiger partial charge in [0.05, 0.1) is 6.26 Å². The number of nitrogens with zero attached hydrogens (tertiary/aromatic N) is 2. The molecular weight excluding hydrogens is 324 g/mol. The number of amides is 2. The molecule has 1 aliphatic heterocycles. The normalized spacial score (nSPS) is 12.7. The number of nitrogens with one attached hydrogen (secondary N) is 2. The number of carbonyl (C=O) groups is 2. The molecule has 0 saturated carbocycles. The summed E-state index contributed by atoms with van der Waals surface area (Å²) < 4.78 is 10.3. The van der Waals surface area contributed by atoms with Crippen LogP contribution in [0.25, 0.3) is 11.6 Å². The van der Waals surface area contributed by atoms with Crippen LogP contribution in [0.1, 0.15) is 28.2 Å². The molecule has 126 valence electrons. The average molecular weight is 338 g/mol. The topological polar surface area (TPSA) is 110 Å². The minimum Gasteiger partial charge on any atom is -0.461 e. The van der Waals surface area contributed by atoms with Crippen LogP contribution in [0.15, 0.2) is 45.5 Å². The Kier molecular flexibility index (Phi) is 3.77. The predicted octanol–water partition coefficient (Wildman–Crippen LogP) is 2.14. The van der Waals surface area contributed by atoms with Gasteiger partial charge in [0.2, 0.25) is 17.6 Å². The molecule has 0 fully saturated rings. The maximum Gasteiger partial charge on any atom is 0.251 e. The van der Waals surface area contributed by atoms with Gasteiger partial charge >= 0.3 is 0 Å². The highest BCUT2D eigenvalue weighted by Gasteiger charge is 2.19. The third-order valence-electron chi connectivity index (χ3n) is 3.85. The summed E-state index contributed by atoms with van der Waals surface area (Å²) in [7, 11) is 0. The average Bonchev–Trinajstić information content (AvgIpc) is 3.34. The monoisotopic (exact) mass is 338 g/mol. The quantitative estimate of drug-likeness (QED) is 0.737. The molecule has 2 amide bonds. The first kappa shape index (κ1) is 15.1. The Hall–Kier alpha value is -3.42. The second kappa shape index (κ2) is 6.23. The van der Waals surface area contributed by atoms with Gasteiger partial charge in [-0.05, 0) is 29.8 Å². The zero-order chi connectivity index (χ0) is 17.2. The largest absolute Gasteiger partial charge is 0.461 e. The number of fused-ring (bicyclic) bond motifs is 1. The van der Waals surface area contributed by atoms with Gasteiger partial charge in [-0.2, -0.15) is 4.98 Å². The van der Waals surface area contributed by atoms with Crippen molar-refractivity contribution in [2.24, 2.45) is 0 Å². The molecule has 0 saturated heterocycles. The summed E-state index contributed by atoms with van der Waals surface area (Å²) >= 11 is 0. The fraction of sp³-hybridized carbons (Fsp3) is 0.176. The van der Waals surface area contributed by atoms with E-state index in [4.69, 9.17) is 8.94 Å². The van der Waals surface area contributed by atoms with Gasteiger partial charge in [0.15, 0.2) is 5.76 Å². The summed E-state index contributed by atoms with van der Waals surface area (Å²) in [6.07, 6.45) is 2.02. The van der Waals surface area contributed by atoms with E-state index in [1.165, 1.54) is 6.26 Å². The minimum absolute atomic E-state index is 0.123. The Balaban J connectivity index is 1.35. The molecule has 0 spiro atoms. The SMILES string of the molecule is O=C(CCc1nc(-c2ccco2)no1)Nc1ccc2c(c1)C(=O)NC2. The van der Waals surface area contributed by atoms with Gasteiger partial charge in [-0.15, -0.1) is 0 Å². The minimum atomic E-state index is -0.198. The van der Waals surface area contributed by atoms with E-state index in [-0.39, 0.29) is 18.2 Å². The molecule has 3 heterocycles. The van der Waals surface area contributed by atoms with Crippen molar-refractivity contribution in [3.8, 4) is 11.6 Å². The van der Waals surface area contributed by atoms with Crippen molar-refractivity contribution in [1.29, 1.82) is 0 Å². The van der Waals surface area contributed by atoms with Gasteiger partial charge in [-0.3, -0.25) is 9.59 Å². The molecule has 1 aliphatic rings. The van der Waals surface area contributed by atoms with E-state index in [9.17, 15) is 9.59 Å². The lowest BCUT2D eigenvalue weighted by Gasteiger charge is -2.05. The Labute approximate surface area is 142 Å². The number of aromatic nitrogens is 2. The van der Waals surface area contributed by atoms with Crippen LogP contribution in [0, 0.1) is 0 Å². The van der Waals surface area contributed by atoms with E-state index in [0.717, 1.165) is 5.56 Å². The number of rotatable bonds is 5. The first-order chi connectivity index (χ1) is 12.2. The second-order valence-electron chi connectivity index (χ2n) is 5.59. The summed E-state index contributed by atoms with van der Waals surface area (Å²) in [5.41, 5.74) is 2.11. The fourth-order valence-electron chi connectivity index (χ4n) is 2.60. The van der Waals surface area contributed by atoms with Crippen LogP contribution in [0.3, 0.4) is 0 Å². The highest BCUT2D eigenvalue weighted by Crippen LogP contribution is 2.20. The Morgan fingerprint density at radius 1 is 1.32 bits per heavy atom. The third-order valence-corrected chi connectivity index (χ3v) is 3.85. The molecule has 0 aliphatic carbocycles. The Morgan fingerprint density at radius 3 is 3.08 bits per heavy atom. The molecule has 0 bridgehead atoms. The van der Waals surface area contributed by atoms with Crippen molar-refractivity contribution >= 4 is 17.5 Å². The van der Waals surface area contributed by atoms with E-state index >= 15 is 0 Å². The maximum atomic E-state index is 12.1. The molecular formula is C17H14N4O4. The van der Waals surface area contributed by atoms with E-state index in [1.54, 1.807) is 24.3 Å². The van der Waals surface area contributed by atoms with Crippen LogP contribution in [0.2, 0.25) is 0 Å². The van der Waals surface area contributed by atoms with Crippen molar-refractivity contribution in [2.75, 3.05) is 5.32 Å². The van der Waals surface area contributed by atoms with Crippen LogP contribution < -0.4 is 10.6 Å². The first-order valence-corrected chi connectivity index (χ1v) is 7.76. The summed E-state index contributed by atoms with van der Waals surface area (Å²) in [6, 6.07) is 8.74. The molecule has 8 nitrogen and oxygen atoms in total. The maximum absolute atomic E-state index is 12.1. The molecule has 0 radical (unpaired) electrons. The summed E-state index contributed by atoms with van der Waals surface area (Å²) in [5, 5.41) is 9.32. The summed E-state index contributed by atoms with van der Waals surface area (Å²) in [6.45, 7) is 0.525. The number of benzene rings is 1. The lowest BCUT2D eigenvalue weighted by atomic mass is 10.1. The van der Waals surface area contributed by atoms with Crippen LogP contribution >= 0.6 is 0 Å². The van der Waals surface area contributed by atoms with Crippen molar-refractivity contribution in [3.63, 3.8) is 0 Å². The highest BCUT2D eigenvalue weighted by molar-refractivity contribution is 6.00. The molecule has 25 heavy (non-hydrogen) atoms. The van der Waals surface area contributed by atoms with Crippen LogP contribution in [-0.2, 0) is 17.8 Å². The van der Waals surface area contributed by atoms with Crippen LogP contribution in [0.5, 0.6) is 0 Å². The van der Waals surface area contributed by atoms with Crippen molar-refractivity contribution < 1.29 is 18.5 Å². The van der Waals surface area contributed by atoms with Crippen molar-refractivity contribution in [3.05, 3.63) is 53.6 Å².